The molecular weight excluding hydrogens is 278 g/mol. The summed E-state index contributed by atoms with van der Waals surface area (Å²) in [6, 6.07) is -0.672. The molecule has 3 N–H and O–H groups in total. The Bertz CT molecular complexity index is 383. The van der Waals surface area contributed by atoms with Crippen LogP contribution in [0.2, 0.25) is 0 Å². The summed E-state index contributed by atoms with van der Waals surface area (Å²) in [6.45, 7) is 1.90. The second-order valence-electron chi connectivity index (χ2n) is 3.75. The number of hydrogen-bond donors (Lipinski definition) is 4. The third-order valence-corrected chi connectivity index (χ3v) is 2.99. The van der Waals surface area contributed by atoms with Gasteiger partial charge in [-0.1, -0.05) is 0 Å². The number of carbonyl (C=O) groups excluding carboxylic acids is 2. The lowest BCUT2D eigenvalue weighted by atomic mass is 10.3. The maximum Gasteiger partial charge on any atom is 0.243 e. The van der Waals surface area contributed by atoms with Crippen molar-refractivity contribution >= 4 is 34.5 Å². The lowest BCUT2D eigenvalue weighted by Crippen LogP contribution is -2.47. The maximum absolute atomic E-state index is 11.6. The number of amides is 2. The van der Waals surface area contributed by atoms with E-state index >= 15 is 0 Å². The molecule has 0 aromatic carbocycles. The van der Waals surface area contributed by atoms with E-state index in [0.29, 0.717) is 13.0 Å². The molecule has 1 unspecified atom stereocenters. The smallest absolute Gasteiger partial charge is 0.243 e. The van der Waals surface area contributed by atoms with Gasteiger partial charge in [0.25, 0.3) is 0 Å². The second-order valence-corrected chi connectivity index (χ2v) is 5.94. The third kappa shape index (κ3) is 9.25. The second kappa shape index (κ2) is 8.33. The predicted molar refractivity (Wildman–Crippen MR) is 71.9 cm³/mol. The lowest BCUT2D eigenvalue weighted by molar-refractivity contribution is -0.127. The molecule has 0 saturated carbocycles. The van der Waals surface area contributed by atoms with Gasteiger partial charge in [0.05, 0.1) is 6.26 Å². The largest absolute Gasteiger partial charge is 0.354 e. The molecule has 0 aromatic heterocycles. The monoisotopic (exact) mass is 297 g/mol. The van der Waals surface area contributed by atoms with Crippen LogP contribution in [-0.2, 0) is 19.6 Å². The van der Waals surface area contributed by atoms with E-state index in [1.807, 2.05) is 0 Å². The molecule has 0 heterocycles. The van der Waals surface area contributed by atoms with E-state index in [2.05, 4.69) is 28.0 Å². The van der Waals surface area contributed by atoms with E-state index in [0.717, 1.165) is 6.26 Å². The number of carbonyl (C=O) groups is 2. The quantitative estimate of drug-likeness (QED) is 0.322. The summed E-state index contributed by atoms with van der Waals surface area (Å²) in [5, 5.41) is 5.04. The first kappa shape index (κ1) is 17.2. The van der Waals surface area contributed by atoms with Crippen molar-refractivity contribution in [1.29, 1.82) is 0 Å². The van der Waals surface area contributed by atoms with Crippen molar-refractivity contribution in [3.8, 4) is 0 Å². The molecule has 1 atom stereocenters. The van der Waals surface area contributed by atoms with E-state index < -0.39 is 16.1 Å². The highest BCUT2D eigenvalue weighted by Crippen LogP contribution is 1.89. The molecule has 106 valence electrons. The summed E-state index contributed by atoms with van der Waals surface area (Å²) >= 11 is 3.96. The average Bonchev–Trinajstić information content (AvgIpc) is 2.23. The molecule has 0 spiro atoms. The first-order valence-corrected chi connectivity index (χ1v) is 7.89. The highest BCUT2D eigenvalue weighted by molar-refractivity contribution is 7.88. The zero-order valence-electron chi connectivity index (χ0n) is 10.4. The number of sulfonamides is 1. The van der Waals surface area contributed by atoms with Crippen molar-refractivity contribution in [1.82, 2.24) is 15.4 Å². The molecule has 2 amide bonds. The molecule has 0 rings (SSSR count). The fraction of sp³-hybridized carbons (Fsp3) is 0.778. The van der Waals surface area contributed by atoms with Gasteiger partial charge in [-0.15, -0.1) is 0 Å². The van der Waals surface area contributed by atoms with Crippen LogP contribution in [0.15, 0.2) is 0 Å². The van der Waals surface area contributed by atoms with E-state index in [1.54, 1.807) is 0 Å². The van der Waals surface area contributed by atoms with Gasteiger partial charge in [-0.3, -0.25) is 9.59 Å². The van der Waals surface area contributed by atoms with Gasteiger partial charge in [-0.05, 0) is 6.42 Å². The highest BCUT2D eigenvalue weighted by Gasteiger charge is 2.16. The molecule has 0 aliphatic heterocycles. The third-order valence-electron chi connectivity index (χ3n) is 1.89. The molecule has 0 aromatic rings. The predicted octanol–water partition coefficient (Wildman–Crippen LogP) is -1.52. The van der Waals surface area contributed by atoms with Gasteiger partial charge >= 0.3 is 0 Å². The molecule has 9 heteroatoms. The Morgan fingerprint density at radius 3 is 2.33 bits per heavy atom. The number of thiol groups is 1. The van der Waals surface area contributed by atoms with Crippen LogP contribution in [0.3, 0.4) is 0 Å². The molecular formula is C9H19N3O4S2. The Hall–Kier alpha value is -0.800. The Balaban J connectivity index is 3.85. The standard InChI is InChI=1S/C9H19N3O4S2/c1-7(13)12-8(6-17)9(14)10-4-3-5-11-18(2,15)16/h8,11,17H,3-6H2,1-2H3,(H,10,14)(H,12,13). The summed E-state index contributed by atoms with van der Waals surface area (Å²) in [5.41, 5.74) is 0. The summed E-state index contributed by atoms with van der Waals surface area (Å²) < 4.78 is 23.8. The molecule has 0 bridgehead atoms. The van der Waals surface area contributed by atoms with Crippen molar-refractivity contribution in [3.63, 3.8) is 0 Å². The fourth-order valence-electron chi connectivity index (χ4n) is 1.12. The zero-order chi connectivity index (χ0) is 14.2. The zero-order valence-corrected chi connectivity index (χ0v) is 12.1. The minimum atomic E-state index is -3.19. The number of rotatable bonds is 8. The van der Waals surface area contributed by atoms with Crippen molar-refractivity contribution < 1.29 is 18.0 Å². The van der Waals surface area contributed by atoms with Gasteiger partial charge in [-0.2, -0.15) is 12.6 Å². The maximum atomic E-state index is 11.6. The summed E-state index contributed by atoms with van der Waals surface area (Å²) in [6.07, 6.45) is 1.54. The lowest BCUT2D eigenvalue weighted by Gasteiger charge is -2.15. The molecule has 7 nitrogen and oxygen atoms in total. The van der Waals surface area contributed by atoms with Crippen LogP contribution in [-0.4, -0.2) is 51.4 Å². The van der Waals surface area contributed by atoms with Crippen LogP contribution in [0.5, 0.6) is 0 Å². The number of nitrogens with one attached hydrogen (secondary N) is 3. The summed E-state index contributed by atoms with van der Waals surface area (Å²) in [5.74, 6) is -0.435. The summed E-state index contributed by atoms with van der Waals surface area (Å²) in [7, 11) is -3.19. The van der Waals surface area contributed by atoms with Crippen LogP contribution < -0.4 is 15.4 Å². The van der Waals surface area contributed by atoms with Crippen molar-refractivity contribution in [2.75, 3.05) is 25.1 Å². The van der Waals surface area contributed by atoms with Crippen molar-refractivity contribution in [2.24, 2.45) is 0 Å². The Morgan fingerprint density at radius 1 is 1.28 bits per heavy atom. The van der Waals surface area contributed by atoms with Crippen LogP contribution >= 0.6 is 12.6 Å². The van der Waals surface area contributed by atoms with E-state index in [9.17, 15) is 18.0 Å². The van der Waals surface area contributed by atoms with Gasteiger partial charge in [-0.25, -0.2) is 13.1 Å². The van der Waals surface area contributed by atoms with Gasteiger partial charge in [0.2, 0.25) is 21.8 Å². The highest BCUT2D eigenvalue weighted by atomic mass is 32.2. The minimum Gasteiger partial charge on any atom is -0.354 e. The molecule has 0 saturated heterocycles. The van der Waals surface area contributed by atoms with Crippen LogP contribution in [0.1, 0.15) is 13.3 Å². The van der Waals surface area contributed by atoms with Crippen LogP contribution in [0.4, 0.5) is 0 Å². The molecule has 0 aliphatic rings. The summed E-state index contributed by atoms with van der Waals surface area (Å²) in [4.78, 5) is 22.4. The van der Waals surface area contributed by atoms with E-state index in [1.165, 1.54) is 6.92 Å². The molecule has 0 radical (unpaired) electrons. The fourth-order valence-corrected chi connectivity index (χ4v) is 1.89. The minimum absolute atomic E-state index is 0.201. The first-order chi connectivity index (χ1) is 8.26. The Labute approximate surface area is 113 Å². The number of hydrogen-bond acceptors (Lipinski definition) is 5. The first-order valence-electron chi connectivity index (χ1n) is 5.36. The Morgan fingerprint density at radius 2 is 1.89 bits per heavy atom. The molecule has 18 heavy (non-hydrogen) atoms. The molecule has 0 aliphatic carbocycles. The van der Waals surface area contributed by atoms with Crippen LogP contribution in [0, 0.1) is 0 Å². The van der Waals surface area contributed by atoms with E-state index in [4.69, 9.17) is 0 Å². The topological polar surface area (TPSA) is 104 Å². The average molecular weight is 297 g/mol. The SMILES string of the molecule is CC(=O)NC(CS)C(=O)NCCCNS(C)(=O)=O. The van der Waals surface area contributed by atoms with Gasteiger partial charge in [0, 0.05) is 25.8 Å². The van der Waals surface area contributed by atoms with Gasteiger partial charge in [0.15, 0.2) is 0 Å². The van der Waals surface area contributed by atoms with Crippen LogP contribution in [0.25, 0.3) is 0 Å². The van der Waals surface area contributed by atoms with Gasteiger partial charge in [0.1, 0.15) is 6.04 Å². The normalized spacial score (nSPS) is 12.8. The van der Waals surface area contributed by atoms with Crippen molar-refractivity contribution in [2.45, 2.75) is 19.4 Å². The van der Waals surface area contributed by atoms with E-state index in [-0.39, 0.29) is 24.1 Å². The van der Waals surface area contributed by atoms with Crippen molar-refractivity contribution in [3.05, 3.63) is 0 Å². The van der Waals surface area contributed by atoms with Gasteiger partial charge < -0.3 is 10.6 Å². The Kier molecular flexibility index (Phi) is 7.96. The molecule has 0 fully saturated rings.